The lowest BCUT2D eigenvalue weighted by atomic mass is 9.99. The minimum absolute atomic E-state index is 0.0147. The molecule has 2 rings (SSSR count). The largest absolute Gasteiger partial charge is 0.450 e. The molecule has 136 valence electrons. The van der Waals surface area contributed by atoms with Crippen LogP contribution in [-0.4, -0.2) is 89.7 Å². The second-order valence-electron chi connectivity index (χ2n) is 6.14. The fraction of sp³-hybridized carbons (Fsp3) is 0.812. The first-order valence-corrected chi connectivity index (χ1v) is 8.71. The van der Waals surface area contributed by atoms with Gasteiger partial charge in [-0.1, -0.05) is 0 Å². The van der Waals surface area contributed by atoms with Crippen LogP contribution in [0.25, 0.3) is 0 Å². The smallest absolute Gasteiger partial charge is 0.409 e. The molecule has 2 fully saturated rings. The van der Waals surface area contributed by atoms with Crippen molar-refractivity contribution in [2.45, 2.75) is 38.6 Å². The van der Waals surface area contributed by atoms with Gasteiger partial charge in [-0.2, -0.15) is 0 Å². The van der Waals surface area contributed by atoms with Crippen LogP contribution in [0.3, 0.4) is 0 Å². The molecule has 0 aromatic heterocycles. The first kappa shape index (κ1) is 18.5. The standard InChI is InChI=1S/C16H27N3O5/c1-2-24-16(23)18-10-8-17(9-11-18)14(21)15(22)19-7-4-3-5-13(19)6-12-20/h13,20H,2-12H2,1H3. The Morgan fingerprint density at radius 2 is 1.67 bits per heavy atom. The van der Waals surface area contributed by atoms with E-state index in [0.717, 1.165) is 19.3 Å². The Morgan fingerprint density at radius 3 is 2.29 bits per heavy atom. The van der Waals surface area contributed by atoms with Gasteiger partial charge in [0.25, 0.3) is 0 Å². The molecule has 1 unspecified atom stereocenters. The summed E-state index contributed by atoms with van der Waals surface area (Å²) in [6, 6.07) is -0.0546. The second-order valence-corrected chi connectivity index (χ2v) is 6.14. The highest BCUT2D eigenvalue weighted by molar-refractivity contribution is 6.35. The maximum Gasteiger partial charge on any atom is 0.409 e. The number of piperidine rings is 1. The first-order valence-electron chi connectivity index (χ1n) is 8.71. The highest BCUT2D eigenvalue weighted by atomic mass is 16.6. The summed E-state index contributed by atoms with van der Waals surface area (Å²) in [7, 11) is 0. The highest BCUT2D eigenvalue weighted by Gasteiger charge is 2.34. The molecule has 1 atom stereocenters. The summed E-state index contributed by atoms with van der Waals surface area (Å²) in [5.74, 6) is -0.999. The molecule has 2 heterocycles. The summed E-state index contributed by atoms with van der Waals surface area (Å²) in [5, 5.41) is 9.15. The van der Waals surface area contributed by atoms with Crippen LogP contribution in [-0.2, 0) is 14.3 Å². The van der Waals surface area contributed by atoms with E-state index in [2.05, 4.69) is 0 Å². The zero-order chi connectivity index (χ0) is 17.5. The van der Waals surface area contributed by atoms with Gasteiger partial charge in [-0.25, -0.2) is 4.79 Å². The average molecular weight is 341 g/mol. The maximum absolute atomic E-state index is 12.5. The molecule has 0 aromatic carbocycles. The predicted octanol–water partition coefficient (Wildman–Crippen LogP) is 0.0506. The normalized spacial score (nSPS) is 21.6. The van der Waals surface area contributed by atoms with Crippen LogP contribution >= 0.6 is 0 Å². The molecule has 0 radical (unpaired) electrons. The lowest BCUT2D eigenvalue weighted by Gasteiger charge is -2.38. The average Bonchev–Trinajstić information content (AvgIpc) is 2.61. The number of aliphatic hydroxyl groups is 1. The summed E-state index contributed by atoms with van der Waals surface area (Å²) in [6.45, 7) is 4.06. The lowest BCUT2D eigenvalue weighted by Crippen LogP contribution is -2.56. The number of rotatable bonds is 3. The molecular formula is C16H27N3O5. The SMILES string of the molecule is CCOC(=O)N1CCN(C(=O)C(=O)N2CCCCC2CCO)CC1. The molecule has 0 bridgehead atoms. The molecule has 2 aliphatic heterocycles. The Hall–Kier alpha value is -1.83. The fourth-order valence-corrected chi connectivity index (χ4v) is 3.28. The Balaban J connectivity index is 1.89. The fourth-order valence-electron chi connectivity index (χ4n) is 3.28. The predicted molar refractivity (Wildman–Crippen MR) is 86.2 cm³/mol. The Labute approximate surface area is 142 Å². The number of aliphatic hydroxyl groups excluding tert-OH is 1. The molecule has 0 aliphatic carbocycles. The number of carbonyl (C=O) groups excluding carboxylic acids is 3. The highest BCUT2D eigenvalue weighted by Crippen LogP contribution is 2.20. The van der Waals surface area contributed by atoms with Crippen molar-refractivity contribution in [3.63, 3.8) is 0 Å². The van der Waals surface area contributed by atoms with E-state index in [4.69, 9.17) is 9.84 Å². The first-order chi connectivity index (χ1) is 11.6. The van der Waals surface area contributed by atoms with E-state index >= 15 is 0 Å². The summed E-state index contributed by atoms with van der Waals surface area (Å²) >= 11 is 0. The number of ether oxygens (including phenoxy) is 1. The summed E-state index contributed by atoms with van der Waals surface area (Å²) in [4.78, 5) is 41.4. The third-order valence-corrected chi connectivity index (χ3v) is 4.63. The van der Waals surface area contributed by atoms with Crippen molar-refractivity contribution in [2.75, 3.05) is 45.9 Å². The van der Waals surface area contributed by atoms with Crippen molar-refractivity contribution in [2.24, 2.45) is 0 Å². The minimum Gasteiger partial charge on any atom is -0.450 e. The molecular weight excluding hydrogens is 314 g/mol. The molecule has 1 N–H and O–H groups in total. The zero-order valence-corrected chi connectivity index (χ0v) is 14.3. The van der Waals surface area contributed by atoms with E-state index in [-0.39, 0.29) is 18.7 Å². The van der Waals surface area contributed by atoms with Crippen LogP contribution in [0.4, 0.5) is 4.79 Å². The van der Waals surface area contributed by atoms with Crippen molar-refractivity contribution in [1.29, 1.82) is 0 Å². The van der Waals surface area contributed by atoms with Gasteiger partial charge in [0.05, 0.1) is 6.61 Å². The molecule has 24 heavy (non-hydrogen) atoms. The number of hydrogen-bond donors (Lipinski definition) is 1. The third-order valence-electron chi connectivity index (χ3n) is 4.63. The van der Waals surface area contributed by atoms with Gasteiger partial charge in [0.15, 0.2) is 0 Å². The Morgan fingerprint density at radius 1 is 1.00 bits per heavy atom. The lowest BCUT2D eigenvalue weighted by molar-refractivity contribution is -0.155. The van der Waals surface area contributed by atoms with Crippen LogP contribution in [0.15, 0.2) is 0 Å². The van der Waals surface area contributed by atoms with E-state index in [1.54, 1.807) is 16.7 Å². The number of piperazine rings is 1. The molecule has 3 amide bonds. The van der Waals surface area contributed by atoms with Gasteiger partial charge in [0.1, 0.15) is 0 Å². The molecule has 0 saturated carbocycles. The van der Waals surface area contributed by atoms with Gasteiger partial charge in [-0.05, 0) is 32.6 Å². The van der Waals surface area contributed by atoms with Crippen LogP contribution in [0.5, 0.6) is 0 Å². The molecule has 2 aliphatic rings. The summed E-state index contributed by atoms with van der Waals surface area (Å²) in [6.07, 6.45) is 2.86. The van der Waals surface area contributed by atoms with Crippen LogP contribution in [0, 0.1) is 0 Å². The second kappa shape index (κ2) is 8.86. The van der Waals surface area contributed by atoms with E-state index in [0.29, 0.717) is 45.8 Å². The van der Waals surface area contributed by atoms with Crippen molar-refractivity contribution in [3.8, 4) is 0 Å². The number of hydrogen-bond acceptors (Lipinski definition) is 5. The van der Waals surface area contributed by atoms with Gasteiger partial charge in [-0.15, -0.1) is 0 Å². The topological polar surface area (TPSA) is 90.4 Å². The molecule has 0 aromatic rings. The number of amides is 3. The Kier molecular flexibility index (Phi) is 6.84. The van der Waals surface area contributed by atoms with Gasteiger partial charge in [0.2, 0.25) is 0 Å². The minimum atomic E-state index is -0.511. The number of nitrogens with zero attached hydrogens (tertiary/aromatic N) is 3. The van der Waals surface area contributed by atoms with E-state index in [1.807, 2.05) is 0 Å². The number of likely N-dealkylation sites (tertiary alicyclic amines) is 1. The quantitative estimate of drug-likeness (QED) is 0.733. The summed E-state index contributed by atoms with van der Waals surface area (Å²) in [5.41, 5.74) is 0. The van der Waals surface area contributed by atoms with Gasteiger partial charge in [0, 0.05) is 45.4 Å². The maximum atomic E-state index is 12.5. The van der Waals surface area contributed by atoms with Crippen LogP contribution in [0.2, 0.25) is 0 Å². The Bertz CT molecular complexity index is 461. The van der Waals surface area contributed by atoms with Crippen LogP contribution < -0.4 is 0 Å². The van der Waals surface area contributed by atoms with Gasteiger partial charge >= 0.3 is 17.9 Å². The van der Waals surface area contributed by atoms with Crippen molar-refractivity contribution in [3.05, 3.63) is 0 Å². The molecule has 2 saturated heterocycles. The van der Waals surface area contributed by atoms with E-state index in [1.165, 1.54) is 4.90 Å². The van der Waals surface area contributed by atoms with Crippen molar-refractivity contribution < 1.29 is 24.2 Å². The van der Waals surface area contributed by atoms with E-state index < -0.39 is 11.8 Å². The number of carbonyl (C=O) groups is 3. The molecule has 8 nitrogen and oxygen atoms in total. The van der Waals surface area contributed by atoms with Crippen LogP contribution in [0.1, 0.15) is 32.6 Å². The van der Waals surface area contributed by atoms with E-state index in [9.17, 15) is 14.4 Å². The molecule has 0 spiro atoms. The summed E-state index contributed by atoms with van der Waals surface area (Å²) < 4.78 is 4.95. The molecule has 8 heteroatoms. The van der Waals surface area contributed by atoms with Crippen molar-refractivity contribution in [1.82, 2.24) is 14.7 Å². The zero-order valence-electron chi connectivity index (χ0n) is 14.3. The van der Waals surface area contributed by atoms with Crippen molar-refractivity contribution >= 4 is 17.9 Å². The van der Waals surface area contributed by atoms with Gasteiger partial charge in [-0.3, -0.25) is 9.59 Å². The third kappa shape index (κ3) is 4.37. The monoisotopic (exact) mass is 341 g/mol. The van der Waals surface area contributed by atoms with Gasteiger partial charge < -0.3 is 24.5 Å².